The number of nitrogens with one attached hydrogen (secondary N) is 1. The number of aromatic nitrogens is 1. The molecule has 0 saturated heterocycles. The van der Waals surface area contributed by atoms with Crippen LogP contribution in [0.5, 0.6) is 0 Å². The first-order valence-corrected chi connectivity index (χ1v) is 7.69. The predicted octanol–water partition coefficient (Wildman–Crippen LogP) is 2.28. The molecule has 0 atom stereocenters. The number of fused-ring (bicyclic) bond motifs is 1. The minimum Gasteiger partial charge on any atom is -0.360 e. The van der Waals surface area contributed by atoms with E-state index in [4.69, 9.17) is 0 Å². The lowest BCUT2D eigenvalue weighted by molar-refractivity contribution is 0.361. The zero-order valence-electron chi connectivity index (χ0n) is 11.8. The maximum absolute atomic E-state index is 12.8. The highest BCUT2D eigenvalue weighted by Crippen LogP contribution is 2.31. The molecule has 2 aromatic rings. The van der Waals surface area contributed by atoms with Gasteiger partial charge >= 0.3 is 0 Å². The van der Waals surface area contributed by atoms with Crippen molar-refractivity contribution in [1.29, 1.82) is 0 Å². The third-order valence-electron chi connectivity index (χ3n) is 3.27. The Morgan fingerprint density at radius 2 is 1.84 bits per heavy atom. The van der Waals surface area contributed by atoms with Gasteiger partial charge in [-0.25, -0.2) is 8.42 Å². The summed E-state index contributed by atoms with van der Waals surface area (Å²) in [5.74, 6) is 0. The molecule has 2 rings (SSSR count). The van der Waals surface area contributed by atoms with Crippen molar-refractivity contribution in [2.45, 2.75) is 23.5 Å². The molecule has 0 fully saturated rings. The minimum absolute atomic E-state index is 0.384. The lowest BCUT2D eigenvalue weighted by atomic mass is 10.2. The predicted molar refractivity (Wildman–Crippen MR) is 78.1 cm³/mol. The largest absolute Gasteiger partial charge is 0.360 e. The lowest BCUT2D eigenvalue weighted by Crippen LogP contribution is -2.41. The SMILES string of the molecule is CN(C)CC(C)(C)S(=O)(=O)c1c[nH]c2ccccc12. The molecule has 4 nitrogen and oxygen atoms in total. The fourth-order valence-electron chi connectivity index (χ4n) is 2.41. The molecule has 0 aliphatic carbocycles. The van der Waals surface area contributed by atoms with Crippen LogP contribution < -0.4 is 0 Å². The van der Waals surface area contributed by atoms with E-state index in [9.17, 15) is 8.42 Å². The highest BCUT2D eigenvalue weighted by Gasteiger charge is 2.37. The van der Waals surface area contributed by atoms with Crippen molar-refractivity contribution in [3.8, 4) is 0 Å². The third kappa shape index (κ3) is 2.40. The molecule has 1 aromatic carbocycles. The van der Waals surface area contributed by atoms with Crippen molar-refractivity contribution in [1.82, 2.24) is 9.88 Å². The molecule has 0 saturated carbocycles. The molecule has 0 aliphatic rings. The number of rotatable bonds is 4. The summed E-state index contributed by atoms with van der Waals surface area (Å²) < 4.78 is 24.8. The Morgan fingerprint density at radius 3 is 2.47 bits per heavy atom. The second-order valence-electron chi connectivity index (χ2n) is 5.70. The second-order valence-corrected chi connectivity index (χ2v) is 8.25. The molecule has 1 heterocycles. The van der Waals surface area contributed by atoms with Gasteiger partial charge in [0.25, 0.3) is 0 Å². The third-order valence-corrected chi connectivity index (χ3v) is 5.77. The summed E-state index contributed by atoms with van der Waals surface area (Å²) in [6.07, 6.45) is 1.59. The number of para-hydroxylation sites is 1. The van der Waals surface area contributed by atoms with E-state index in [0.29, 0.717) is 11.4 Å². The van der Waals surface area contributed by atoms with Crippen LogP contribution >= 0.6 is 0 Å². The monoisotopic (exact) mass is 280 g/mol. The highest BCUT2D eigenvalue weighted by molar-refractivity contribution is 7.93. The first-order valence-electron chi connectivity index (χ1n) is 6.21. The van der Waals surface area contributed by atoms with Crippen LogP contribution in [0.25, 0.3) is 10.9 Å². The molecule has 0 radical (unpaired) electrons. The Hall–Kier alpha value is -1.33. The molecule has 5 heteroatoms. The van der Waals surface area contributed by atoms with Crippen molar-refractivity contribution in [3.63, 3.8) is 0 Å². The second kappa shape index (κ2) is 4.65. The number of H-pyrrole nitrogens is 1. The molecule has 104 valence electrons. The van der Waals surface area contributed by atoms with E-state index in [2.05, 4.69) is 4.98 Å². The van der Waals surface area contributed by atoms with Crippen molar-refractivity contribution < 1.29 is 8.42 Å². The van der Waals surface area contributed by atoms with Crippen LogP contribution in [0, 0.1) is 0 Å². The molecular formula is C14H20N2O2S. The van der Waals surface area contributed by atoms with Gasteiger partial charge < -0.3 is 9.88 Å². The number of hydrogen-bond donors (Lipinski definition) is 1. The Balaban J connectivity index is 2.56. The van der Waals surface area contributed by atoms with Gasteiger partial charge in [0.2, 0.25) is 0 Å². The van der Waals surface area contributed by atoms with Crippen LogP contribution in [0.2, 0.25) is 0 Å². The van der Waals surface area contributed by atoms with Crippen molar-refractivity contribution in [2.24, 2.45) is 0 Å². The summed E-state index contributed by atoms with van der Waals surface area (Å²) in [6, 6.07) is 7.46. The standard InChI is InChI=1S/C14H20N2O2S/c1-14(2,10-16(3)4)19(17,18)13-9-15-12-8-6-5-7-11(12)13/h5-9,15H,10H2,1-4H3. The molecule has 0 amide bonds. The van der Waals surface area contributed by atoms with E-state index in [0.717, 1.165) is 10.9 Å². The van der Waals surface area contributed by atoms with Crippen LogP contribution in [0.4, 0.5) is 0 Å². The lowest BCUT2D eigenvalue weighted by Gasteiger charge is -2.27. The van der Waals surface area contributed by atoms with Gasteiger partial charge in [-0.05, 0) is 34.0 Å². The summed E-state index contributed by atoms with van der Waals surface area (Å²) in [5, 5.41) is 0.759. The molecule has 19 heavy (non-hydrogen) atoms. The Kier molecular flexibility index (Phi) is 3.45. The van der Waals surface area contributed by atoms with Crippen LogP contribution in [0.1, 0.15) is 13.8 Å². The number of aromatic amines is 1. The van der Waals surface area contributed by atoms with E-state index in [1.807, 2.05) is 43.3 Å². The fourth-order valence-corrected chi connectivity index (χ4v) is 4.12. The number of hydrogen-bond acceptors (Lipinski definition) is 3. The summed E-state index contributed by atoms with van der Waals surface area (Å²) in [7, 11) is 0.373. The topological polar surface area (TPSA) is 53.2 Å². The van der Waals surface area contributed by atoms with Crippen LogP contribution in [0.15, 0.2) is 35.4 Å². The van der Waals surface area contributed by atoms with Gasteiger partial charge in [-0.2, -0.15) is 0 Å². The van der Waals surface area contributed by atoms with Crippen molar-refractivity contribution in [3.05, 3.63) is 30.5 Å². The van der Waals surface area contributed by atoms with E-state index in [1.54, 1.807) is 20.0 Å². The average molecular weight is 280 g/mol. The average Bonchev–Trinajstić information content (AvgIpc) is 2.70. The van der Waals surface area contributed by atoms with Gasteiger partial charge in [-0.15, -0.1) is 0 Å². The molecular weight excluding hydrogens is 260 g/mol. The summed E-state index contributed by atoms with van der Waals surface area (Å²) in [4.78, 5) is 5.31. The van der Waals surface area contributed by atoms with Crippen molar-refractivity contribution >= 4 is 20.7 Å². The molecule has 1 aromatic heterocycles. The van der Waals surface area contributed by atoms with Gasteiger partial charge in [-0.1, -0.05) is 18.2 Å². The van der Waals surface area contributed by atoms with E-state index in [1.165, 1.54) is 0 Å². The maximum Gasteiger partial charge on any atom is 0.186 e. The smallest absolute Gasteiger partial charge is 0.186 e. The Morgan fingerprint density at radius 1 is 1.21 bits per heavy atom. The molecule has 0 aliphatic heterocycles. The van der Waals surface area contributed by atoms with Gasteiger partial charge in [0.15, 0.2) is 9.84 Å². The number of nitrogens with zero attached hydrogens (tertiary/aromatic N) is 1. The first kappa shape index (κ1) is 14.1. The minimum atomic E-state index is -3.39. The molecule has 0 unspecified atom stereocenters. The molecule has 0 bridgehead atoms. The van der Waals surface area contributed by atoms with Crippen molar-refractivity contribution in [2.75, 3.05) is 20.6 Å². The van der Waals surface area contributed by atoms with Gasteiger partial charge in [-0.3, -0.25) is 0 Å². The highest BCUT2D eigenvalue weighted by atomic mass is 32.2. The quantitative estimate of drug-likeness (QED) is 0.935. The van der Waals surface area contributed by atoms with E-state index in [-0.39, 0.29) is 0 Å². The number of sulfone groups is 1. The maximum atomic E-state index is 12.8. The van der Waals surface area contributed by atoms with Crippen LogP contribution in [-0.4, -0.2) is 43.7 Å². The van der Waals surface area contributed by atoms with E-state index < -0.39 is 14.6 Å². The molecule has 0 spiro atoms. The summed E-state index contributed by atoms with van der Waals surface area (Å²) in [5.41, 5.74) is 0.849. The Labute approximate surface area is 114 Å². The Bertz CT molecular complexity index is 684. The first-order chi connectivity index (χ1) is 8.75. The fraction of sp³-hybridized carbons (Fsp3) is 0.429. The number of benzene rings is 1. The van der Waals surface area contributed by atoms with E-state index >= 15 is 0 Å². The van der Waals surface area contributed by atoms with Gasteiger partial charge in [0, 0.05) is 23.6 Å². The zero-order chi connectivity index (χ0) is 14.3. The zero-order valence-corrected chi connectivity index (χ0v) is 12.6. The van der Waals surface area contributed by atoms with Crippen LogP contribution in [-0.2, 0) is 9.84 Å². The van der Waals surface area contributed by atoms with Crippen LogP contribution in [0.3, 0.4) is 0 Å². The van der Waals surface area contributed by atoms with Gasteiger partial charge in [0.05, 0.1) is 9.64 Å². The summed E-state index contributed by atoms with van der Waals surface area (Å²) >= 11 is 0. The molecule has 1 N–H and O–H groups in total. The summed E-state index contributed by atoms with van der Waals surface area (Å²) in [6.45, 7) is 4.02. The van der Waals surface area contributed by atoms with Gasteiger partial charge in [0.1, 0.15) is 0 Å². The normalized spacial score (nSPS) is 13.3.